The Hall–Kier alpha value is -5.86. The molecule has 7 heteroatoms. The summed E-state index contributed by atoms with van der Waals surface area (Å²) >= 11 is 0. The van der Waals surface area contributed by atoms with E-state index in [2.05, 4.69) is 136 Å². The van der Waals surface area contributed by atoms with Gasteiger partial charge in [0.2, 0.25) is 0 Å². The van der Waals surface area contributed by atoms with E-state index in [1.165, 1.54) is 19.8 Å². The quantitative estimate of drug-likeness (QED) is 0.123. The number of esters is 2. The normalized spacial score (nSPS) is 20.0. The Morgan fingerprint density at radius 2 is 0.679 bits per heavy atom. The number of hydrogen-bond donors (Lipinski definition) is 0. The van der Waals surface area contributed by atoms with Crippen molar-refractivity contribution in [1.29, 1.82) is 0 Å². The predicted octanol–water partition coefficient (Wildman–Crippen LogP) is 9.04. The number of ether oxygens (including phenoxy) is 2. The van der Waals surface area contributed by atoms with Gasteiger partial charge in [0, 0.05) is 32.5 Å². The van der Waals surface area contributed by atoms with E-state index in [4.69, 9.17) is 9.47 Å². The molecule has 2 saturated heterocycles. The van der Waals surface area contributed by atoms with Crippen molar-refractivity contribution in [3.63, 3.8) is 0 Å². The second kappa shape index (κ2) is 16.9. The summed E-state index contributed by atoms with van der Waals surface area (Å²) in [6.45, 7) is 1.67. The maximum absolute atomic E-state index is 13.8. The molecule has 0 saturated carbocycles. The molecule has 2 bridgehead atoms. The summed E-state index contributed by atoms with van der Waals surface area (Å²) in [4.78, 5) is 34.6. The van der Waals surface area contributed by atoms with Gasteiger partial charge in [-0.05, 0) is 50.1 Å². The maximum Gasteiger partial charge on any atom is 0.323 e. The fraction of sp³-hybridized carbons (Fsp3) is 0.224. The summed E-state index contributed by atoms with van der Waals surface area (Å²) in [5.41, 5.74) is 10.2. The molecule has 0 amide bonds. The first-order valence-electron chi connectivity index (χ1n) is 19.3. The Kier molecular flexibility index (Phi) is 11.2. The largest absolute Gasteiger partial charge is 0.468 e. The minimum absolute atomic E-state index is 0.249. The van der Waals surface area contributed by atoms with Crippen LogP contribution in [0.1, 0.15) is 29.5 Å². The number of rotatable bonds is 11. The molecule has 6 aromatic rings. The van der Waals surface area contributed by atoms with Crippen molar-refractivity contribution < 1.29 is 19.1 Å². The van der Waals surface area contributed by atoms with E-state index in [1.807, 2.05) is 42.5 Å². The first-order chi connectivity index (χ1) is 27.5. The predicted molar refractivity (Wildman–Crippen MR) is 221 cm³/mol. The van der Waals surface area contributed by atoms with Crippen molar-refractivity contribution in [3.05, 3.63) is 180 Å². The fourth-order valence-corrected chi connectivity index (χ4v) is 8.52. The number of hydrogen-bond acceptors (Lipinski definition) is 7. The minimum Gasteiger partial charge on any atom is -0.468 e. The molecule has 2 heterocycles. The molecule has 2 aliphatic rings. The van der Waals surface area contributed by atoms with E-state index in [0.717, 1.165) is 44.5 Å². The van der Waals surface area contributed by atoms with E-state index in [1.54, 1.807) is 0 Å². The van der Waals surface area contributed by atoms with E-state index >= 15 is 0 Å². The molecular weight excluding hydrogens is 695 g/mol. The van der Waals surface area contributed by atoms with Gasteiger partial charge < -0.3 is 9.47 Å². The zero-order valence-electron chi connectivity index (χ0n) is 31.9. The van der Waals surface area contributed by atoms with Crippen LogP contribution in [-0.4, -0.2) is 65.3 Å². The molecule has 282 valence electrons. The molecule has 0 spiro atoms. The minimum atomic E-state index is -0.512. The topological polar surface area (TPSA) is 62.3 Å². The molecule has 0 N–H and O–H groups in total. The molecule has 8 rings (SSSR count). The first kappa shape index (κ1) is 37.1. The number of fused-ring (bicyclic) bond motifs is 2. The summed E-state index contributed by atoms with van der Waals surface area (Å²) < 4.78 is 11.0. The summed E-state index contributed by atoms with van der Waals surface area (Å²) in [5, 5.41) is 0. The molecule has 7 nitrogen and oxygen atoms in total. The molecule has 56 heavy (non-hydrogen) atoms. The van der Waals surface area contributed by atoms with Gasteiger partial charge in [-0.15, -0.1) is 0 Å². The van der Waals surface area contributed by atoms with Crippen LogP contribution in [0.4, 0.5) is 0 Å². The van der Waals surface area contributed by atoms with Crippen molar-refractivity contribution in [2.45, 2.75) is 56.9 Å². The zero-order chi connectivity index (χ0) is 38.4. The lowest BCUT2D eigenvalue weighted by molar-refractivity contribution is -0.201. The number of nitrogens with zero attached hydrogens (tertiary/aromatic N) is 3. The highest BCUT2D eigenvalue weighted by Gasteiger charge is 2.53. The summed E-state index contributed by atoms with van der Waals surface area (Å²) in [6, 6.07) is 55.9. The van der Waals surface area contributed by atoms with Crippen LogP contribution in [0.2, 0.25) is 0 Å². The van der Waals surface area contributed by atoms with Gasteiger partial charge in [-0.3, -0.25) is 24.3 Å². The lowest BCUT2D eigenvalue weighted by atomic mass is 9.90. The molecule has 2 aliphatic heterocycles. The van der Waals surface area contributed by atoms with Gasteiger partial charge in [0.25, 0.3) is 0 Å². The van der Waals surface area contributed by atoms with Crippen LogP contribution in [0.3, 0.4) is 0 Å². The Balaban J connectivity index is 1.15. The third kappa shape index (κ3) is 7.93. The van der Waals surface area contributed by atoms with E-state index in [9.17, 15) is 9.59 Å². The van der Waals surface area contributed by atoms with E-state index in [0.29, 0.717) is 32.5 Å². The summed E-state index contributed by atoms with van der Waals surface area (Å²) in [6.07, 6.45) is 0.425. The van der Waals surface area contributed by atoms with E-state index < -0.39 is 12.1 Å². The smallest absolute Gasteiger partial charge is 0.323 e. The second-order valence-electron chi connectivity index (χ2n) is 14.7. The van der Waals surface area contributed by atoms with Crippen LogP contribution in [0.5, 0.6) is 0 Å². The van der Waals surface area contributed by atoms with Crippen molar-refractivity contribution in [2.24, 2.45) is 0 Å². The molecule has 1 unspecified atom stereocenters. The number of methoxy groups -OCH3 is 2. The molecular formula is C49H47N3O4. The molecule has 6 aromatic carbocycles. The van der Waals surface area contributed by atoms with Gasteiger partial charge in [0.15, 0.2) is 0 Å². The number of carbonyl (C=O) groups excluding carboxylic acids is 2. The monoisotopic (exact) mass is 741 g/mol. The Morgan fingerprint density at radius 3 is 0.964 bits per heavy atom. The van der Waals surface area contributed by atoms with Crippen molar-refractivity contribution in [2.75, 3.05) is 14.2 Å². The Morgan fingerprint density at radius 1 is 0.411 bits per heavy atom. The Labute approximate surface area is 329 Å². The van der Waals surface area contributed by atoms with Crippen LogP contribution >= 0.6 is 0 Å². The Bertz CT molecular complexity index is 2090. The number of benzene rings is 6. The highest BCUT2D eigenvalue weighted by molar-refractivity contribution is 5.78. The van der Waals surface area contributed by atoms with Crippen LogP contribution in [0, 0.1) is 0 Å². The van der Waals surface area contributed by atoms with E-state index in [-0.39, 0.29) is 24.3 Å². The lowest BCUT2D eigenvalue weighted by Gasteiger charge is -2.59. The van der Waals surface area contributed by atoms with Crippen molar-refractivity contribution >= 4 is 11.9 Å². The average Bonchev–Trinajstić information content (AvgIpc) is 3.26. The maximum atomic E-state index is 13.8. The van der Waals surface area contributed by atoms with Crippen molar-refractivity contribution in [1.82, 2.24) is 14.7 Å². The third-order valence-electron chi connectivity index (χ3n) is 11.4. The first-order valence-corrected chi connectivity index (χ1v) is 19.3. The number of carbonyl (C=O) groups is 2. The molecule has 4 atom stereocenters. The van der Waals surface area contributed by atoms with Gasteiger partial charge >= 0.3 is 11.9 Å². The fourth-order valence-electron chi connectivity index (χ4n) is 8.52. The second-order valence-corrected chi connectivity index (χ2v) is 14.7. The van der Waals surface area contributed by atoms with Crippen LogP contribution in [0.25, 0.3) is 33.4 Å². The van der Waals surface area contributed by atoms with Gasteiger partial charge in [-0.25, -0.2) is 0 Å². The molecule has 0 radical (unpaired) electrons. The van der Waals surface area contributed by atoms with Crippen LogP contribution in [-0.2, 0) is 38.7 Å². The lowest BCUT2D eigenvalue weighted by Crippen LogP contribution is -2.73. The SMILES string of the molecule is COC(=O)C1C[C@@H]2N(Cc3ccc(-c4ccccc4)cc3)[C@@H](C(=O)OC)C[C@H](N1Cc1ccc(-c3ccccc3)cc1)N2Cc1ccc(-c2ccccc2)cc1. The highest BCUT2D eigenvalue weighted by Crippen LogP contribution is 2.40. The average molecular weight is 742 g/mol. The van der Waals surface area contributed by atoms with Crippen LogP contribution < -0.4 is 0 Å². The standard InChI is InChI=1S/C49H47N3O4/c1-55-48(53)44-30-46-51(33-36-20-26-42(27-21-36)39-14-8-4-9-15-39)45(49(54)56-2)31-47(50(44)32-35-18-24-41(25-19-35)38-12-6-3-7-13-38)52(46)34-37-22-28-43(29-23-37)40-16-10-5-11-17-40/h3-29,44-47H,30-34H2,1-2H3/t44-,45?,46-,47-/m1/s1. The van der Waals surface area contributed by atoms with Crippen molar-refractivity contribution in [3.8, 4) is 33.4 Å². The van der Waals surface area contributed by atoms with Gasteiger partial charge in [-0.1, -0.05) is 164 Å². The van der Waals surface area contributed by atoms with Gasteiger partial charge in [0.05, 0.1) is 26.6 Å². The third-order valence-corrected chi connectivity index (χ3v) is 11.4. The molecule has 2 fully saturated rings. The van der Waals surface area contributed by atoms with Gasteiger partial charge in [-0.2, -0.15) is 0 Å². The van der Waals surface area contributed by atoms with Crippen LogP contribution in [0.15, 0.2) is 164 Å². The highest BCUT2D eigenvalue weighted by atomic mass is 16.5. The summed E-state index contributed by atoms with van der Waals surface area (Å²) in [7, 11) is 2.93. The zero-order valence-corrected chi connectivity index (χ0v) is 31.9. The molecule has 0 aromatic heterocycles. The summed E-state index contributed by atoms with van der Waals surface area (Å²) in [5.74, 6) is -0.534. The van der Waals surface area contributed by atoms with Gasteiger partial charge in [0.1, 0.15) is 12.1 Å². The molecule has 0 aliphatic carbocycles.